The van der Waals surface area contributed by atoms with E-state index in [4.69, 9.17) is 42.1 Å². The Hall–Kier alpha value is -2.12. The third-order valence-corrected chi connectivity index (χ3v) is 4.73. The Balaban J connectivity index is 1.61. The fourth-order valence-electron chi connectivity index (χ4n) is 2.72. The quantitative estimate of drug-likeness (QED) is 0.648. The van der Waals surface area contributed by atoms with Crippen molar-refractivity contribution in [3.8, 4) is 0 Å². The van der Waals surface area contributed by atoms with Gasteiger partial charge in [0, 0.05) is 23.6 Å². The molecule has 6 nitrogen and oxygen atoms in total. The Morgan fingerprint density at radius 1 is 0.964 bits per heavy atom. The summed E-state index contributed by atoms with van der Waals surface area (Å²) in [7, 11) is 1.49. The van der Waals surface area contributed by atoms with Crippen LogP contribution in [-0.2, 0) is 18.9 Å². The Morgan fingerprint density at radius 3 is 2.04 bits per heavy atom. The van der Waals surface area contributed by atoms with Crippen LogP contribution in [0.4, 0.5) is 0 Å². The van der Waals surface area contributed by atoms with Gasteiger partial charge in [-0.05, 0) is 48.5 Å². The molecule has 0 amide bonds. The molecular formula is C20H18Cl2O6. The van der Waals surface area contributed by atoms with Crippen LogP contribution in [0.1, 0.15) is 27.1 Å². The van der Waals surface area contributed by atoms with Gasteiger partial charge in [0.25, 0.3) is 0 Å². The lowest BCUT2D eigenvalue weighted by Crippen LogP contribution is -2.32. The number of ether oxygens (including phenoxy) is 4. The van der Waals surface area contributed by atoms with Crippen molar-refractivity contribution in [1.82, 2.24) is 0 Å². The van der Waals surface area contributed by atoms with Gasteiger partial charge < -0.3 is 18.9 Å². The van der Waals surface area contributed by atoms with E-state index < -0.39 is 30.4 Å². The van der Waals surface area contributed by atoms with Crippen molar-refractivity contribution in [2.75, 3.05) is 13.7 Å². The van der Waals surface area contributed by atoms with Crippen LogP contribution in [-0.4, -0.2) is 44.2 Å². The highest BCUT2D eigenvalue weighted by molar-refractivity contribution is 6.30. The molecule has 2 aromatic carbocycles. The highest BCUT2D eigenvalue weighted by Crippen LogP contribution is 2.26. The van der Waals surface area contributed by atoms with Gasteiger partial charge in [0.05, 0.1) is 11.1 Å². The molecule has 0 unspecified atom stereocenters. The summed E-state index contributed by atoms with van der Waals surface area (Å²) in [5.41, 5.74) is 0.725. The number of carbonyl (C=O) groups excluding carboxylic acids is 2. The minimum atomic E-state index is -0.641. The van der Waals surface area contributed by atoms with Gasteiger partial charge in [0.15, 0.2) is 6.29 Å². The van der Waals surface area contributed by atoms with Gasteiger partial charge >= 0.3 is 11.9 Å². The molecule has 1 saturated heterocycles. The molecule has 8 heteroatoms. The summed E-state index contributed by atoms with van der Waals surface area (Å²) >= 11 is 11.6. The standard InChI is InChI=1S/C20H18Cl2O6/c1-25-18-10-16(28-20(24)13-4-8-15(22)9-5-13)17(27-18)11-26-19(23)12-2-6-14(21)7-3-12/h2-9,16-18H,10-11H2,1H3/t16-,17-,18+/m1/s1. The molecule has 1 fully saturated rings. The van der Waals surface area contributed by atoms with Crippen LogP contribution in [0.5, 0.6) is 0 Å². The van der Waals surface area contributed by atoms with E-state index in [-0.39, 0.29) is 6.61 Å². The number of hydrogen-bond donors (Lipinski definition) is 0. The number of rotatable bonds is 6. The Morgan fingerprint density at radius 2 is 1.50 bits per heavy atom. The van der Waals surface area contributed by atoms with E-state index in [9.17, 15) is 9.59 Å². The number of benzene rings is 2. The lowest BCUT2D eigenvalue weighted by atomic mass is 10.1. The van der Waals surface area contributed by atoms with Gasteiger partial charge in [-0.1, -0.05) is 23.2 Å². The third kappa shape index (κ3) is 5.23. The minimum absolute atomic E-state index is 0.0834. The average Bonchev–Trinajstić information content (AvgIpc) is 3.09. The van der Waals surface area contributed by atoms with Gasteiger partial charge in [-0.25, -0.2) is 9.59 Å². The maximum atomic E-state index is 12.4. The van der Waals surface area contributed by atoms with Gasteiger partial charge in [-0.15, -0.1) is 0 Å². The molecule has 0 aromatic heterocycles. The van der Waals surface area contributed by atoms with E-state index in [1.165, 1.54) is 7.11 Å². The fraction of sp³-hybridized carbons (Fsp3) is 0.300. The topological polar surface area (TPSA) is 71.1 Å². The maximum Gasteiger partial charge on any atom is 0.338 e. The molecule has 2 aromatic rings. The molecule has 1 heterocycles. The zero-order valence-electron chi connectivity index (χ0n) is 15.0. The van der Waals surface area contributed by atoms with Crippen molar-refractivity contribution in [3.63, 3.8) is 0 Å². The maximum absolute atomic E-state index is 12.4. The number of halogens is 2. The van der Waals surface area contributed by atoms with Crippen molar-refractivity contribution in [2.45, 2.75) is 24.9 Å². The second kappa shape index (κ2) is 9.39. The fourth-order valence-corrected chi connectivity index (χ4v) is 2.97. The monoisotopic (exact) mass is 424 g/mol. The van der Waals surface area contributed by atoms with E-state index >= 15 is 0 Å². The highest BCUT2D eigenvalue weighted by Gasteiger charge is 2.39. The summed E-state index contributed by atoms with van der Waals surface area (Å²) < 4.78 is 21.7. The zero-order valence-corrected chi connectivity index (χ0v) is 16.5. The molecule has 148 valence electrons. The molecule has 0 bridgehead atoms. The molecule has 0 radical (unpaired) electrons. The van der Waals surface area contributed by atoms with E-state index in [0.29, 0.717) is 27.6 Å². The van der Waals surface area contributed by atoms with Crippen LogP contribution in [0.25, 0.3) is 0 Å². The number of methoxy groups -OCH3 is 1. The van der Waals surface area contributed by atoms with Gasteiger partial charge in [0.1, 0.15) is 18.8 Å². The van der Waals surface area contributed by atoms with Crippen LogP contribution in [0.3, 0.4) is 0 Å². The first kappa shape index (κ1) is 20.6. The predicted molar refractivity (Wildman–Crippen MR) is 103 cm³/mol. The van der Waals surface area contributed by atoms with Gasteiger partial charge in [0.2, 0.25) is 0 Å². The molecule has 0 aliphatic carbocycles. The van der Waals surface area contributed by atoms with Gasteiger partial charge in [-0.2, -0.15) is 0 Å². The van der Waals surface area contributed by atoms with Crippen LogP contribution in [0, 0.1) is 0 Å². The van der Waals surface area contributed by atoms with Gasteiger partial charge in [-0.3, -0.25) is 0 Å². The first-order valence-electron chi connectivity index (χ1n) is 8.54. The molecule has 1 aliphatic heterocycles. The molecule has 3 rings (SSSR count). The Kier molecular flexibility index (Phi) is 6.91. The predicted octanol–water partition coefficient (Wildman–Crippen LogP) is 4.14. The summed E-state index contributed by atoms with van der Waals surface area (Å²) in [5, 5.41) is 1.04. The van der Waals surface area contributed by atoms with E-state index in [1.54, 1.807) is 48.5 Å². The molecular weight excluding hydrogens is 407 g/mol. The summed E-state index contributed by atoms with van der Waals surface area (Å²) in [6.07, 6.45) is -1.48. The van der Waals surface area contributed by atoms with Crippen molar-refractivity contribution < 1.29 is 28.5 Å². The molecule has 0 N–H and O–H groups in total. The summed E-state index contributed by atoms with van der Waals surface area (Å²) in [6.45, 7) is -0.0834. The second-order valence-corrected chi connectivity index (χ2v) is 7.00. The van der Waals surface area contributed by atoms with Crippen molar-refractivity contribution in [3.05, 3.63) is 69.7 Å². The first-order chi connectivity index (χ1) is 13.5. The number of esters is 2. The Labute approximate surface area is 172 Å². The first-order valence-corrected chi connectivity index (χ1v) is 9.29. The molecule has 1 aliphatic rings. The molecule has 0 saturated carbocycles. The Bertz CT molecular complexity index is 822. The van der Waals surface area contributed by atoms with Crippen LogP contribution >= 0.6 is 23.2 Å². The van der Waals surface area contributed by atoms with Crippen LogP contribution in [0.2, 0.25) is 10.0 Å². The lowest BCUT2D eigenvalue weighted by molar-refractivity contribution is -0.128. The van der Waals surface area contributed by atoms with Crippen LogP contribution < -0.4 is 0 Å². The van der Waals surface area contributed by atoms with Crippen molar-refractivity contribution >= 4 is 35.1 Å². The number of carbonyl (C=O) groups is 2. The van der Waals surface area contributed by atoms with Crippen molar-refractivity contribution in [2.24, 2.45) is 0 Å². The van der Waals surface area contributed by atoms with E-state index in [0.717, 1.165) is 0 Å². The zero-order chi connectivity index (χ0) is 20.1. The van der Waals surface area contributed by atoms with E-state index in [2.05, 4.69) is 0 Å². The summed E-state index contributed by atoms with van der Waals surface area (Å²) in [5.74, 6) is -1.04. The largest absolute Gasteiger partial charge is 0.459 e. The number of hydrogen-bond acceptors (Lipinski definition) is 6. The molecule has 0 spiro atoms. The SMILES string of the molecule is CO[C@@H]1C[C@@H](OC(=O)c2ccc(Cl)cc2)[C@@H](COC(=O)c2ccc(Cl)cc2)O1. The van der Waals surface area contributed by atoms with Crippen molar-refractivity contribution in [1.29, 1.82) is 0 Å². The highest BCUT2D eigenvalue weighted by atomic mass is 35.5. The van der Waals surface area contributed by atoms with Crippen LogP contribution in [0.15, 0.2) is 48.5 Å². The second-order valence-electron chi connectivity index (χ2n) is 6.13. The lowest BCUT2D eigenvalue weighted by Gasteiger charge is -2.18. The van der Waals surface area contributed by atoms with E-state index in [1.807, 2.05) is 0 Å². The molecule has 3 atom stereocenters. The third-order valence-electron chi connectivity index (χ3n) is 4.23. The normalized spacial score (nSPS) is 21.3. The minimum Gasteiger partial charge on any atom is -0.459 e. The smallest absolute Gasteiger partial charge is 0.338 e. The molecule has 28 heavy (non-hydrogen) atoms. The summed E-state index contributed by atoms with van der Waals surface area (Å²) in [4.78, 5) is 24.5. The summed E-state index contributed by atoms with van der Waals surface area (Å²) in [6, 6.07) is 12.7. The average molecular weight is 425 g/mol.